The molecule has 0 spiro atoms. The highest BCUT2D eigenvalue weighted by Gasteiger charge is 2.28. The number of ether oxygens (including phenoxy) is 1. The SMILES string of the molecule is Cc1ccc2c(c1C)OCC2NC(=O)N(C)Cc1cnn(C)c1. The number of fused-ring (bicyclic) bond motifs is 1. The van der Waals surface area contributed by atoms with Gasteiger partial charge >= 0.3 is 6.03 Å². The summed E-state index contributed by atoms with van der Waals surface area (Å²) in [6.45, 7) is 5.11. The van der Waals surface area contributed by atoms with Gasteiger partial charge in [-0.15, -0.1) is 0 Å². The first kappa shape index (κ1) is 15.4. The molecular weight excluding hydrogens is 292 g/mol. The number of rotatable bonds is 3. The van der Waals surface area contributed by atoms with Crippen LogP contribution in [0.5, 0.6) is 5.75 Å². The molecule has 1 aliphatic heterocycles. The van der Waals surface area contributed by atoms with E-state index in [1.54, 1.807) is 22.8 Å². The van der Waals surface area contributed by atoms with Crippen LogP contribution in [0.3, 0.4) is 0 Å². The zero-order chi connectivity index (χ0) is 16.6. The molecule has 0 saturated carbocycles. The van der Waals surface area contributed by atoms with Crippen molar-refractivity contribution in [3.63, 3.8) is 0 Å². The third-order valence-corrected chi connectivity index (χ3v) is 4.30. The number of aryl methyl sites for hydroxylation is 2. The first-order valence-electron chi connectivity index (χ1n) is 7.67. The summed E-state index contributed by atoms with van der Waals surface area (Å²) < 4.78 is 7.51. The van der Waals surface area contributed by atoms with Crippen LogP contribution >= 0.6 is 0 Å². The topological polar surface area (TPSA) is 59.4 Å². The summed E-state index contributed by atoms with van der Waals surface area (Å²) in [5, 5.41) is 7.16. The Balaban J connectivity index is 1.67. The number of carbonyl (C=O) groups excluding carboxylic acids is 1. The number of nitrogens with zero attached hydrogens (tertiary/aromatic N) is 3. The van der Waals surface area contributed by atoms with E-state index in [2.05, 4.69) is 23.4 Å². The predicted octanol–water partition coefficient (Wildman–Crippen LogP) is 2.31. The molecule has 1 aromatic carbocycles. The molecule has 122 valence electrons. The van der Waals surface area contributed by atoms with Crippen molar-refractivity contribution in [3.05, 3.63) is 46.8 Å². The van der Waals surface area contributed by atoms with Gasteiger partial charge in [-0.05, 0) is 25.0 Å². The third kappa shape index (κ3) is 3.02. The fraction of sp³-hybridized carbons (Fsp3) is 0.412. The number of aromatic nitrogens is 2. The maximum Gasteiger partial charge on any atom is 0.318 e. The minimum atomic E-state index is -0.117. The summed E-state index contributed by atoms with van der Waals surface area (Å²) in [5.74, 6) is 0.908. The lowest BCUT2D eigenvalue weighted by Crippen LogP contribution is -2.39. The second-order valence-electron chi connectivity index (χ2n) is 6.12. The Morgan fingerprint density at radius 1 is 1.48 bits per heavy atom. The molecule has 0 aliphatic carbocycles. The minimum Gasteiger partial charge on any atom is -0.490 e. The molecule has 6 heteroatoms. The second-order valence-corrected chi connectivity index (χ2v) is 6.12. The number of hydrogen-bond donors (Lipinski definition) is 1. The lowest BCUT2D eigenvalue weighted by molar-refractivity contribution is 0.199. The third-order valence-electron chi connectivity index (χ3n) is 4.30. The van der Waals surface area contributed by atoms with Gasteiger partial charge in [0.2, 0.25) is 0 Å². The van der Waals surface area contributed by atoms with Crippen LogP contribution in [0.2, 0.25) is 0 Å². The van der Waals surface area contributed by atoms with Crippen LogP contribution in [0.15, 0.2) is 24.5 Å². The van der Waals surface area contributed by atoms with Gasteiger partial charge in [-0.1, -0.05) is 12.1 Å². The lowest BCUT2D eigenvalue weighted by Gasteiger charge is -2.20. The highest BCUT2D eigenvalue weighted by Crippen LogP contribution is 2.36. The molecule has 23 heavy (non-hydrogen) atoms. The van der Waals surface area contributed by atoms with Gasteiger partial charge in [0.15, 0.2) is 0 Å². The van der Waals surface area contributed by atoms with Crippen molar-refractivity contribution >= 4 is 6.03 Å². The normalized spacial score (nSPS) is 15.9. The van der Waals surface area contributed by atoms with Crippen molar-refractivity contribution in [3.8, 4) is 5.75 Å². The summed E-state index contributed by atoms with van der Waals surface area (Å²) >= 11 is 0. The largest absolute Gasteiger partial charge is 0.490 e. The standard InChI is InChI=1S/C17H22N4O2/c1-11-5-6-14-15(10-23-16(14)12(11)2)19-17(22)20(3)8-13-7-18-21(4)9-13/h5-7,9,15H,8,10H2,1-4H3,(H,19,22). The van der Waals surface area contributed by atoms with Gasteiger partial charge in [0.05, 0.1) is 18.8 Å². The number of benzene rings is 1. The summed E-state index contributed by atoms with van der Waals surface area (Å²) in [4.78, 5) is 14.1. The van der Waals surface area contributed by atoms with E-state index < -0.39 is 0 Å². The monoisotopic (exact) mass is 314 g/mol. The van der Waals surface area contributed by atoms with Gasteiger partial charge in [0, 0.05) is 31.4 Å². The van der Waals surface area contributed by atoms with Crippen molar-refractivity contribution in [1.29, 1.82) is 0 Å². The Kier molecular flexibility index (Phi) is 3.98. The molecule has 0 fully saturated rings. The molecule has 0 radical (unpaired) electrons. The quantitative estimate of drug-likeness (QED) is 0.946. The van der Waals surface area contributed by atoms with Crippen LogP contribution in [0.25, 0.3) is 0 Å². The van der Waals surface area contributed by atoms with Gasteiger partial charge < -0.3 is 15.0 Å². The molecule has 2 aromatic rings. The molecule has 3 rings (SSSR count). The van der Waals surface area contributed by atoms with Gasteiger partial charge in [-0.3, -0.25) is 4.68 Å². The molecule has 2 heterocycles. The molecule has 1 atom stereocenters. The van der Waals surface area contributed by atoms with Crippen molar-refractivity contribution in [2.75, 3.05) is 13.7 Å². The number of nitrogens with one attached hydrogen (secondary N) is 1. The summed E-state index contributed by atoms with van der Waals surface area (Å²) in [6, 6.07) is 3.89. The Bertz CT molecular complexity index is 738. The van der Waals surface area contributed by atoms with E-state index in [0.717, 1.165) is 22.4 Å². The van der Waals surface area contributed by atoms with Crippen molar-refractivity contribution < 1.29 is 9.53 Å². The predicted molar refractivity (Wildman–Crippen MR) is 87.4 cm³/mol. The highest BCUT2D eigenvalue weighted by atomic mass is 16.5. The summed E-state index contributed by atoms with van der Waals surface area (Å²) in [5.41, 5.74) is 4.39. The average Bonchev–Trinajstić information content (AvgIpc) is 3.10. The van der Waals surface area contributed by atoms with Gasteiger partial charge in [0.1, 0.15) is 12.4 Å². The molecular formula is C17H22N4O2. The minimum absolute atomic E-state index is 0.104. The number of urea groups is 1. The molecule has 1 N–H and O–H groups in total. The van der Waals surface area contributed by atoms with E-state index in [1.807, 2.05) is 26.2 Å². The summed E-state index contributed by atoms with van der Waals surface area (Å²) in [6.07, 6.45) is 3.67. The molecule has 1 unspecified atom stereocenters. The van der Waals surface area contributed by atoms with E-state index in [-0.39, 0.29) is 12.1 Å². The smallest absolute Gasteiger partial charge is 0.318 e. The molecule has 0 saturated heterocycles. The number of hydrogen-bond acceptors (Lipinski definition) is 3. The van der Waals surface area contributed by atoms with E-state index in [1.165, 1.54) is 5.56 Å². The Hall–Kier alpha value is -2.50. The molecule has 1 aromatic heterocycles. The molecule has 0 bridgehead atoms. The molecule has 6 nitrogen and oxygen atoms in total. The van der Waals surface area contributed by atoms with Crippen molar-refractivity contribution in [2.24, 2.45) is 7.05 Å². The van der Waals surface area contributed by atoms with Crippen LogP contribution in [0, 0.1) is 13.8 Å². The highest BCUT2D eigenvalue weighted by molar-refractivity contribution is 5.75. The fourth-order valence-corrected chi connectivity index (χ4v) is 2.81. The summed E-state index contributed by atoms with van der Waals surface area (Å²) in [7, 11) is 3.64. The van der Waals surface area contributed by atoms with Crippen LogP contribution < -0.4 is 10.1 Å². The Morgan fingerprint density at radius 2 is 2.26 bits per heavy atom. The van der Waals surface area contributed by atoms with Crippen molar-refractivity contribution in [2.45, 2.75) is 26.4 Å². The van der Waals surface area contributed by atoms with E-state index in [9.17, 15) is 4.79 Å². The van der Waals surface area contributed by atoms with Crippen LogP contribution in [0.4, 0.5) is 4.79 Å². The maximum absolute atomic E-state index is 12.4. The molecule has 2 amide bonds. The van der Waals surface area contributed by atoms with Crippen molar-refractivity contribution in [1.82, 2.24) is 20.0 Å². The van der Waals surface area contributed by atoms with E-state index in [0.29, 0.717) is 13.2 Å². The Labute approximate surface area is 136 Å². The zero-order valence-electron chi connectivity index (χ0n) is 14.0. The Morgan fingerprint density at radius 3 is 2.96 bits per heavy atom. The maximum atomic E-state index is 12.4. The van der Waals surface area contributed by atoms with E-state index in [4.69, 9.17) is 4.74 Å². The first-order valence-corrected chi connectivity index (χ1v) is 7.67. The van der Waals surface area contributed by atoms with Crippen LogP contribution in [0.1, 0.15) is 28.3 Å². The lowest BCUT2D eigenvalue weighted by atomic mass is 10.0. The molecule has 1 aliphatic rings. The number of carbonyl (C=O) groups is 1. The van der Waals surface area contributed by atoms with Crippen LogP contribution in [-0.2, 0) is 13.6 Å². The van der Waals surface area contributed by atoms with Gasteiger partial charge in [0.25, 0.3) is 0 Å². The van der Waals surface area contributed by atoms with Gasteiger partial charge in [-0.2, -0.15) is 5.10 Å². The fourth-order valence-electron chi connectivity index (χ4n) is 2.81. The van der Waals surface area contributed by atoms with E-state index >= 15 is 0 Å². The number of amides is 2. The second kappa shape index (κ2) is 5.95. The van der Waals surface area contributed by atoms with Gasteiger partial charge in [-0.25, -0.2) is 4.79 Å². The average molecular weight is 314 g/mol. The first-order chi connectivity index (χ1) is 11.0. The van der Waals surface area contributed by atoms with Crippen LogP contribution in [-0.4, -0.2) is 34.4 Å². The zero-order valence-corrected chi connectivity index (χ0v) is 14.0.